The first kappa shape index (κ1) is 26.5. The number of fused-ring (bicyclic) bond motifs is 2. The van der Waals surface area contributed by atoms with Gasteiger partial charge in [-0.1, -0.05) is 0 Å². The van der Waals surface area contributed by atoms with E-state index in [4.69, 9.17) is 29.6 Å². The Labute approximate surface area is 195 Å². The van der Waals surface area contributed by atoms with Crippen LogP contribution in [0.5, 0.6) is 0 Å². The molecule has 1 saturated heterocycles. The quantitative estimate of drug-likeness (QED) is 0.434. The highest BCUT2D eigenvalue weighted by Gasteiger charge is 2.42. The summed E-state index contributed by atoms with van der Waals surface area (Å²) in [7, 11) is 0. The lowest BCUT2D eigenvalue weighted by molar-refractivity contribution is -0.123. The van der Waals surface area contributed by atoms with E-state index in [0.717, 1.165) is 56.9 Å². The van der Waals surface area contributed by atoms with Crippen LogP contribution in [0.3, 0.4) is 0 Å². The number of likely N-dealkylation sites (tertiary alicyclic amines) is 1. The molecule has 0 saturated carbocycles. The summed E-state index contributed by atoms with van der Waals surface area (Å²) in [6.45, 7) is 4.42. The van der Waals surface area contributed by atoms with E-state index in [9.17, 15) is 4.79 Å². The maximum absolute atomic E-state index is 12.3. The number of hydrogen-bond donors (Lipinski definition) is 4. The minimum atomic E-state index is -0.250. The molecule has 2 aliphatic rings. The Morgan fingerprint density at radius 3 is 2.55 bits per heavy atom. The normalized spacial score (nSPS) is 16.4. The molecule has 182 valence electrons. The van der Waals surface area contributed by atoms with Crippen LogP contribution in [0, 0.1) is 0 Å². The van der Waals surface area contributed by atoms with Crippen LogP contribution in [-0.4, -0.2) is 88.0 Å². The molecule has 0 aromatic carbocycles. The van der Waals surface area contributed by atoms with Gasteiger partial charge in [-0.2, -0.15) is 0 Å². The van der Waals surface area contributed by atoms with E-state index in [1.165, 1.54) is 10.4 Å². The number of aromatic nitrogens is 2. The lowest BCUT2D eigenvalue weighted by Gasteiger charge is -2.44. The van der Waals surface area contributed by atoms with Crippen LogP contribution < -0.4 is 5.32 Å². The number of piperidine rings is 1. The Kier molecular flexibility index (Phi) is 11.0. The molecule has 0 radical (unpaired) electrons. The highest BCUT2D eigenvalue weighted by atomic mass is 32.1. The molecule has 4 N–H and O–H groups in total. The molecule has 11 nitrogen and oxygen atoms in total. The fourth-order valence-corrected chi connectivity index (χ4v) is 5.16. The lowest BCUT2D eigenvalue weighted by atomic mass is 9.82. The monoisotopic (exact) mass is 482 g/mol. The van der Waals surface area contributed by atoms with Crippen molar-refractivity contribution in [1.29, 1.82) is 0 Å². The standard InChI is InChI=1S/C19H26N4O3S.2CH2O2/c24-11-5-21-18(25)17-13-15-16(27-17)1-12-26-19(15)2-6-22(7-3-19)9-10-23-8-4-20-14-23;2*2-1-3/h4,8,13-14,24H,1-3,5-7,9-12H2,(H,21,25);2*1H,(H,2,3). The Morgan fingerprint density at radius 1 is 1.24 bits per heavy atom. The van der Waals surface area contributed by atoms with Crippen molar-refractivity contribution < 1.29 is 34.4 Å². The first-order valence-electron chi connectivity index (χ1n) is 10.5. The van der Waals surface area contributed by atoms with E-state index in [-0.39, 0.29) is 37.6 Å². The van der Waals surface area contributed by atoms with Crippen molar-refractivity contribution in [2.75, 3.05) is 39.4 Å². The fraction of sp³-hybridized carbons (Fsp3) is 0.524. The Balaban J connectivity index is 0.000000582. The first-order chi connectivity index (χ1) is 16.0. The number of ether oxygens (including phenoxy) is 1. The van der Waals surface area contributed by atoms with Crippen LogP contribution in [0.1, 0.15) is 33.0 Å². The average molecular weight is 483 g/mol. The zero-order valence-corrected chi connectivity index (χ0v) is 19.1. The number of carbonyl (C=O) groups is 3. The summed E-state index contributed by atoms with van der Waals surface area (Å²) in [5.74, 6) is -0.101. The summed E-state index contributed by atoms with van der Waals surface area (Å²) >= 11 is 1.57. The molecule has 2 aliphatic heterocycles. The third kappa shape index (κ3) is 7.35. The number of thiophene rings is 1. The molecule has 1 amide bonds. The number of nitrogens with one attached hydrogen (secondary N) is 1. The lowest BCUT2D eigenvalue weighted by Crippen LogP contribution is -2.46. The number of rotatable bonds is 6. The molecule has 4 rings (SSSR count). The van der Waals surface area contributed by atoms with Gasteiger partial charge in [-0.05, 0) is 24.5 Å². The third-order valence-corrected chi connectivity index (χ3v) is 6.72. The number of imidazole rings is 1. The minimum Gasteiger partial charge on any atom is -0.483 e. The summed E-state index contributed by atoms with van der Waals surface area (Å²) in [4.78, 5) is 37.6. The number of aliphatic hydroxyl groups is 1. The van der Waals surface area contributed by atoms with Gasteiger partial charge in [0, 0.05) is 56.4 Å². The number of amides is 1. The largest absolute Gasteiger partial charge is 0.483 e. The van der Waals surface area contributed by atoms with Crippen LogP contribution in [0.4, 0.5) is 0 Å². The van der Waals surface area contributed by atoms with Gasteiger partial charge in [0.2, 0.25) is 0 Å². The van der Waals surface area contributed by atoms with E-state index >= 15 is 0 Å². The molecule has 1 fully saturated rings. The third-order valence-electron chi connectivity index (χ3n) is 5.53. The second-order valence-electron chi connectivity index (χ2n) is 7.37. The van der Waals surface area contributed by atoms with Crippen LogP contribution in [0.25, 0.3) is 0 Å². The molecule has 1 spiro atoms. The van der Waals surface area contributed by atoms with Gasteiger partial charge >= 0.3 is 0 Å². The second kappa shape index (κ2) is 13.7. The SMILES string of the molecule is O=C(NCCO)c1cc2c(s1)CCOC21CCN(CCn2ccnc2)CC1.O=CO.O=CO. The van der Waals surface area contributed by atoms with E-state index in [1.54, 1.807) is 11.3 Å². The van der Waals surface area contributed by atoms with E-state index in [0.29, 0.717) is 0 Å². The van der Waals surface area contributed by atoms with Gasteiger partial charge in [0.05, 0.1) is 30.0 Å². The van der Waals surface area contributed by atoms with Gasteiger partial charge < -0.3 is 34.8 Å². The Morgan fingerprint density at radius 2 is 1.94 bits per heavy atom. The predicted octanol–water partition coefficient (Wildman–Crippen LogP) is 0.632. The summed E-state index contributed by atoms with van der Waals surface area (Å²) in [6, 6.07) is 2.02. The van der Waals surface area contributed by atoms with Crippen LogP contribution in [0.15, 0.2) is 24.8 Å². The number of hydrogen-bond acceptors (Lipinski definition) is 8. The van der Waals surface area contributed by atoms with Crippen LogP contribution in [-0.2, 0) is 32.9 Å². The smallest absolute Gasteiger partial charge is 0.290 e. The highest BCUT2D eigenvalue weighted by molar-refractivity contribution is 7.14. The summed E-state index contributed by atoms with van der Waals surface area (Å²) in [5.41, 5.74) is 0.965. The van der Waals surface area contributed by atoms with Crippen molar-refractivity contribution in [3.05, 3.63) is 40.1 Å². The summed E-state index contributed by atoms with van der Waals surface area (Å²) < 4.78 is 8.41. The van der Waals surface area contributed by atoms with Gasteiger partial charge in [-0.25, -0.2) is 4.98 Å². The molecular weight excluding hydrogens is 452 g/mol. The molecule has 4 heterocycles. The molecule has 0 atom stereocenters. The molecule has 0 bridgehead atoms. The maximum Gasteiger partial charge on any atom is 0.290 e. The van der Waals surface area contributed by atoms with Crippen LogP contribution >= 0.6 is 11.3 Å². The molecule has 12 heteroatoms. The highest BCUT2D eigenvalue weighted by Crippen LogP contribution is 2.44. The van der Waals surface area contributed by atoms with Gasteiger partial charge in [0.1, 0.15) is 0 Å². The number of nitrogens with zero attached hydrogens (tertiary/aromatic N) is 3. The molecule has 2 aromatic heterocycles. The van der Waals surface area contributed by atoms with Crippen molar-refractivity contribution in [1.82, 2.24) is 19.8 Å². The van der Waals surface area contributed by atoms with Gasteiger partial charge in [0.15, 0.2) is 0 Å². The second-order valence-corrected chi connectivity index (χ2v) is 8.51. The topological polar surface area (TPSA) is 154 Å². The maximum atomic E-state index is 12.3. The van der Waals surface area contributed by atoms with E-state index < -0.39 is 0 Å². The number of aliphatic hydroxyl groups excluding tert-OH is 1. The van der Waals surface area contributed by atoms with E-state index in [1.807, 2.05) is 24.8 Å². The van der Waals surface area contributed by atoms with Crippen molar-refractivity contribution in [3.63, 3.8) is 0 Å². The molecule has 0 aliphatic carbocycles. The average Bonchev–Trinajstić information content (AvgIpc) is 3.49. The van der Waals surface area contributed by atoms with Crippen LogP contribution in [0.2, 0.25) is 0 Å². The molecular formula is C21H30N4O7S. The summed E-state index contributed by atoms with van der Waals surface area (Å²) in [5, 5.41) is 25.4. The summed E-state index contributed by atoms with van der Waals surface area (Å²) in [6.07, 6.45) is 8.46. The van der Waals surface area contributed by atoms with Gasteiger partial charge in [-0.3, -0.25) is 14.4 Å². The molecule has 0 unspecified atom stereocenters. The Hall–Kier alpha value is -2.80. The van der Waals surface area contributed by atoms with Crippen molar-refractivity contribution in [2.24, 2.45) is 0 Å². The minimum absolute atomic E-state index is 0.0429. The zero-order chi connectivity index (χ0) is 24.1. The fourth-order valence-electron chi connectivity index (χ4n) is 4.01. The number of carboxylic acid groups (broad SMARTS) is 2. The zero-order valence-electron chi connectivity index (χ0n) is 18.3. The van der Waals surface area contributed by atoms with Crippen molar-refractivity contribution in [3.8, 4) is 0 Å². The molecule has 2 aromatic rings. The van der Waals surface area contributed by atoms with E-state index in [2.05, 4.69) is 19.8 Å². The first-order valence-corrected chi connectivity index (χ1v) is 11.3. The molecule has 33 heavy (non-hydrogen) atoms. The number of carbonyl (C=O) groups excluding carboxylic acids is 1. The Bertz CT molecular complexity index is 858. The van der Waals surface area contributed by atoms with Gasteiger partial charge in [0.25, 0.3) is 18.9 Å². The predicted molar refractivity (Wildman–Crippen MR) is 120 cm³/mol. The van der Waals surface area contributed by atoms with Crippen molar-refractivity contribution in [2.45, 2.75) is 31.4 Å². The van der Waals surface area contributed by atoms with Crippen molar-refractivity contribution >= 4 is 30.2 Å². The van der Waals surface area contributed by atoms with Gasteiger partial charge in [-0.15, -0.1) is 11.3 Å².